The highest BCUT2D eigenvalue weighted by Gasteiger charge is 2.32. The summed E-state index contributed by atoms with van der Waals surface area (Å²) in [6, 6.07) is 3.51. The average Bonchev–Trinajstić information content (AvgIpc) is 2.46. The summed E-state index contributed by atoms with van der Waals surface area (Å²) in [6.45, 7) is 1.11. The van der Waals surface area contributed by atoms with Crippen LogP contribution in [0.15, 0.2) is 24.3 Å². The minimum atomic E-state index is -4.43. The molecule has 0 unspecified atom stereocenters. The van der Waals surface area contributed by atoms with Crippen LogP contribution in [0.3, 0.4) is 0 Å². The van der Waals surface area contributed by atoms with Gasteiger partial charge < -0.3 is 16.0 Å². The fraction of sp³-hybridized carbons (Fsp3) is 0.385. The van der Waals surface area contributed by atoms with E-state index in [4.69, 9.17) is 5.73 Å². The molecule has 2 rings (SSSR count). The van der Waals surface area contributed by atoms with Crippen LogP contribution in [0.5, 0.6) is 0 Å². The summed E-state index contributed by atoms with van der Waals surface area (Å²) in [5.41, 5.74) is 4.56. The van der Waals surface area contributed by atoms with Gasteiger partial charge in [0, 0.05) is 5.56 Å². The molecule has 0 saturated carbocycles. The fourth-order valence-corrected chi connectivity index (χ4v) is 2.21. The molecular weight excluding hydrogens is 287 g/mol. The first-order valence-electron chi connectivity index (χ1n) is 6.38. The molecule has 0 spiro atoms. The molecule has 1 aromatic rings. The molecule has 5 nitrogen and oxygen atoms in total. The Hall–Kier alpha value is -2.09. The Kier molecular flexibility index (Phi) is 4.17. The van der Waals surface area contributed by atoms with Gasteiger partial charge in [-0.1, -0.05) is 0 Å². The maximum atomic E-state index is 12.5. The summed E-state index contributed by atoms with van der Waals surface area (Å²) < 4.78 is 37.4. The minimum Gasteiger partial charge on any atom is -0.364 e. The van der Waals surface area contributed by atoms with E-state index in [2.05, 4.69) is 0 Å². The highest BCUT2D eigenvalue weighted by Crippen LogP contribution is 2.29. The summed E-state index contributed by atoms with van der Waals surface area (Å²) in [5, 5.41) is 1.75. The van der Waals surface area contributed by atoms with Crippen LogP contribution in [0, 0.1) is 0 Å². The van der Waals surface area contributed by atoms with E-state index >= 15 is 0 Å². The van der Waals surface area contributed by atoms with E-state index in [1.807, 2.05) is 0 Å². The molecule has 1 heterocycles. The predicted octanol–water partition coefficient (Wildman–Crippen LogP) is -0.422. The zero-order valence-corrected chi connectivity index (χ0v) is 11.1. The maximum absolute atomic E-state index is 12.5. The van der Waals surface area contributed by atoms with Crippen molar-refractivity contribution in [1.29, 1.82) is 0 Å². The average molecular weight is 302 g/mol. The molecule has 1 aromatic carbocycles. The number of benzene rings is 1. The van der Waals surface area contributed by atoms with E-state index in [0.717, 1.165) is 24.3 Å². The van der Waals surface area contributed by atoms with E-state index in [9.17, 15) is 22.8 Å². The van der Waals surface area contributed by atoms with Gasteiger partial charge in [0.1, 0.15) is 0 Å². The number of carbonyl (C=O) groups excluding carboxylic acids is 2. The molecule has 21 heavy (non-hydrogen) atoms. The molecule has 0 aromatic heterocycles. The molecule has 1 atom stereocenters. The number of piperazine rings is 1. The van der Waals surface area contributed by atoms with E-state index in [-0.39, 0.29) is 12.1 Å². The van der Waals surface area contributed by atoms with E-state index in [0.29, 0.717) is 13.1 Å². The number of carbonyl (C=O) groups is 2. The van der Waals surface area contributed by atoms with Crippen LogP contribution >= 0.6 is 0 Å². The van der Waals surface area contributed by atoms with Crippen LogP contribution in [0.4, 0.5) is 13.2 Å². The standard InChI is InChI=1S/C13H14F3N3O2/c14-13(15,16)9-3-1-8(2-4-9)12(21)19-6-5-18-10(7-19)11(17)20/h1-4,10,18H,5-7H2,(H2,17,20)/p+1/t10-/m0/s1. The third-order valence-corrected chi connectivity index (χ3v) is 3.38. The van der Waals surface area contributed by atoms with Crippen molar-refractivity contribution < 1.29 is 28.1 Å². The Morgan fingerprint density at radius 1 is 1.24 bits per heavy atom. The smallest absolute Gasteiger partial charge is 0.364 e. The van der Waals surface area contributed by atoms with Crippen LogP contribution in [0.1, 0.15) is 15.9 Å². The van der Waals surface area contributed by atoms with Gasteiger partial charge in [0.2, 0.25) is 0 Å². The Morgan fingerprint density at radius 3 is 2.38 bits per heavy atom. The lowest BCUT2D eigenvalue weighted by molar-refractivity contribution is -0.683. The SMILES string of the molecule is NC(=O)[C@@H]1CN(C(=O)c2ccc(C(F)(F)F)cc2)CC[NH2+]1. The van der Waals surface area contributed by atoms with E-state index in [1.54, 1.807) is 5.32 Å². The number of nitrogens with two attached hydrogens (primary N) is 2. The molecule has 4 N–H and O–H groups in total. The van der Waals surface area contributed by atoms with Crippen molar-refractivity contribution in [3.8, 4) is 0 Å². The second kappa shape index (κ2) is 5.72. The zero-order valence-electron chi connectivity index (χ0n) is 11.1. The highest BCUT2D eigenvalue weighted by atomic mass is 19.4. The topological polar surface area (TPSA) is 80.0 Å². The summed E-state index contributed by atoms with van der Waals surface area (Å²) in [5.74, 6) is -0.914. The Bertz CT molecular complexity index is 543. The van der Waals surface area contributed by atoms with Crippen molar-refractivity contribution in [2.75, 3.05) is 19.6 Å². The second-order valence-corrected chi connectivity index (χ2v) is 4.86. The molecule has 1 fully saturated rings. The van der Waals surface area contributed by atoms with Crippen molar-refractivity contribution in [3.05, 3.63) is 35.4 Å². The third-order valence-electron chi connectivity index (χ3n) is 3.38. The van der Waals surface area contributed by atoms with E-state index < -0.39 is 29.6 Å². The fourth-order valence-electron chi connectivity index (χ4n) is 2.21. The number of quaternary nitrogens is 1. The number of hydrogen-bond acceptors (Lipinski definition) is 2. The lowest BCUT2D eigenvalue weighted by Crippen LogP contribution is -2.97. The monoisotopic (exact) mass is 302 g/mol. The minimum absolute atomic E-state index is 0.160. The van der Waals surface area contributed by atoms with Gasteiger partial charge in [-0.2, -0.15) is 13.2 Å². The van der Waals surface area contributed by atoms with Gasteiger partial charge in [-0.15, -0.1) is 0 Å². The summed E-state index contributed by atoms with van der Waals surface area (Å²) in [6.07, 6.45) is -4.43. The first-order valence-corrected chi connectivity index (χ1v) is 6.38. The second-order valence-electron chi connectivity index (χ2n) is 4.86. The first kappa shape index (κ1) is 15.3. The van der Waals surface area contributed by atoms with Crippen LogP contribution in [-0.2, 0) is 11.0 Å². The largest absolute Gasteiger partial charge is 0.416 e. The molecule has 0 aliphatic carbocycles. The van der Waals surface area contributed by atoms with Gasteiger partial charge in [-0.3, -0.25) is 9.59 Å². The van der Waals surface area contributed by atoms with Gasteiger partial charge in [-0.05, 0) is 24.3 Å². The van der Waals surface area contributed by atoms with Gasteiger partial charge in [0.05, 0.1) is 25.2 Å². The number of rotatable bonds is 2. The number of nitrogens with zero attached hydrogens (tertiary/aromatic N) is 1. The van der Waals surface area contributed by atoms with Gasteiger partial charge in [0.25, 0.3) is 11.8 Å². The quantitative estimate of drug-likeness (QED) is 0.778. The predicted molar refractivity (Wildman–Crippen MR) is 67.1 cm³/mol. The molecule has 0 bridgehead atoms. The summed E-state index contributed by atoms with van der Waals surface area (Å²) >= 11 is 0. The molecule has 1 aliphatic heterocycles. The van der Waals surface area contributed by atoms with Crippen molar-refractivity contribution in [3.63, 3.8) is 0 Å². The van der Waals surface area contributed by atoms with Gasteiger partial charge in [0.15, 0.2) is 6.04 Å². The van der Waals surface area contributed by atoms with Crippen molar-refractivity contribution >= 4 is 11.8 Å². The van der Waals surface area contributed by atoms with E-state index in [1.165, 1.54) is 4.90 Å². The van der Waals surface area contributed by atoms with Gasteiger partial charge in [-0.25, -0.2) is 0 Å². The molecule has 1 aliphatic rings. The van der Waals surface area contributed by atoms with Crippen LogP contribution in [0.2, 0.25) is 0 Å². The molecule has 1 saturated heterocycles. The zero-order chi connectivity index (χ0) is 15.6. The number of alkyl halides is 3. The van der Waals surface area contributed by atoms with Crippen molar-refractivity contribution in [2.45, 2.75) is 12.2 Å². The van der Waals surface area contributed by atoms with Crippen LogP contribution < -0.4 is 11.1 Å². The Labute approximate surface area is 118 Å². The number of amides is 2. The highest BCUT2D eigenvalue weighted by molar-refractivity contribution is 5.94. The first-order chi connectivity index (χ1) is 9.79. The summed E-state index contributed by atoms with van der Waals surface area (Å²) in [7, 11) is 0. The number of primary amides is 1. The summed E-state index contributed by atoms with van der Waals surface area (Å²) in [4.78, 5) is 24.8. The normalized spacial score (nSPS) is 19.4. The Balaban J connectivity index is 2.11. The van der Waals surface area contributed by atoms with Gasteiger partial charge >= 0.3 is 6.18 Å². The molecule has 8 heteroatoms. The lowest BCUT2D eigenvalue weighted by Gasteiger charge is -2.29. The molecular formula is C13H15F3N3O2+. The maximum Gasteiger partial charge on any atom is 0.416 e. The van der Waals surface area contributed by atoms with Crippen molar-refractivity contribution in [2.24, 2.45) is 5.73 Å². The number of hydrogen-bond donors (Lipinski definition) is 2. The molecule has 0 radical (unpaired) electrons. The third kappa shape index (κ3) is 3.52. The lowest BCUT2D eigenvalue weighted by atomic mass is 10.1. The Morgan fingerprint density at radius 2 is 1.86 bits per heavy atom. The van der Waals surface area contributed by atoms with Crippen LogP contribution in [0.25, 0.3) is 0 Å². The molecule has 2 amide bonds. The van der Waals surface area contributed by atoms with Crippen LogP contribution in [-0.4, -0.2) is 42.4 Å². The van der Waals surface area contributed by atoms with Crippen molar-refractivity contribution in [1.82, 2.24) is 4.90 Å². The molecule has 114 valence electrons. The number of halogens is 3.